The second-order valence-corrected chi connectivity index (χ2v) is 4.56. The molecule has 1 heterocycles. The third-order valence-corrected chi connectivity index (χ3v) is 3.06. The minimum absolute atomic E-state index is 0.0326. The molecule has 0 atom stereocenters. The number of aryl methyl sites for hydroxylation is 1. The summed E-state index contributed by atoms with van der Waals surface area (Å²) in [7, 11) is 0. The Morgan fingerprint density at radius 1 is 1.39 bits per heavy atom. The first-order chi connectivity index (χ1) is 8.49. The van der Waals surface area contributed by atoms with E-state index in [2.05, 4.69) is 4.98 Å². The Morgan fingerprint density at radius 2 is 2.11 bits per heavy atom. The van der Waals surface area contributed by atoms with E-state index in [4.69, 9.17) is 5.73 Å². The van der Waals surface area contributed by atoms with Gasteiger partial charge in [0.05, 0.1) is 0 Å². The minimum Gasteiger partial charge on any atom is -0.399 e. The third kappa shape index (κ3) is 2.27. The van der Waals surface area contributed by atoms with Crippen LogP contribution in [0.15, 0.2) is 23.0 Å². The van der Waals surface area contributed by atoms with Crippen LogP contribution in [0.5, 0.6) is 0 Å². The number of anilines is 1. The van der Waals surface area contributed by atoms with Gasteiger partial charge in [0.2, 0.25) is 0 Å². The fourth-order valence-electron chi connectivity index (χ4n) is 2.07. The number of nitrogens with one attached hydrogen (secondary N) is 1. The molecule has 94 valence electrons. The summed E-state index contributed by atoms with van der Waals surface area (Å²) in [5.74, 6) is 0.0847. The average molecular weight is 244 g/mol. The van der Waals surface area contributed by atoms with Crippen molar-refractivity contribution in [3.8, 4) is 0 Å². The van der Waals surface area contributed by atoms with Crippen LogP contribution in [-0.2, 0) is 11.2 Å². The molecule has 0 aliphatic rings. The summed E-state index contributed by atoms with van der Waals surface area (Å²) in [4.78, 5) is 26.5. The Balaban J connectivity index is 2.60. The SMILES string of the molecule is CC(=O)CCc1c(C)[nH]c2ccc(N)cc2c1=O. The quantitative estimate of drug-likeness (QED) is 0.810. The van der Waals surface area contributed by atoms with E-state index < -0.39 is 0 Å². The Kier molecular flexibility index (Phi) is 3.19. The Hall–Kier alpha value is -2.10. The van der Waals surface area contributed by atoms with Gasteiger partial charge in [0.15, 0.2) is 5.43 Å². The zero-order chi connectivity index (χ0) is 13.3. The van der Waals surface area contributed by atoms with E-state index in [1.54, 1.807) is 18.2 Å². The smallest absolute Gasteiger partial charge is 0.192 e. The highest BCUT2D eigenvalue weighted by atomic mass is 16.1. The summed E-state index contributed by atoms with van der Waals surface area (Å²) < 4.78 is 0. The maximum absolute atomic E-state index is 12.3. The Morgan fingerprint density at radius 3 is 2.78 bits per heavy atom. The van der Waals surface area contributed by atoms with Crippen LogP contribution in [0.25, 0.3) is 10.9 Å². The molecule has 0 fully saturated rings. The standard InChI is InChI=1S/C14H16N2O2/c1-8(17)3-5-11-9(2)16-13-6-4-10(15)7-12(13)14(11)18/h4,6-7H,3,5,15H2,1-2H3,(H,16,18). The number of fused-ring (bicyclic) bond motifs is 1. The normalized spacial score (nSPS) is 10.8. The van der Waals surface area contributed by atoms with Crippen molar-refractivity contribution in [2.45, 2.75) is 26.7 Å². The van der Waals surface area contributed by atoms with Crippen molar-refractivity contribution in [1.82, 2.24) is 4.98 Å². The molecular weight excluding hydrogens is 228 g/mol. The number of carbonyl (C=O) groups excluding carboxylic acids is 1. The Labute approximate surface area is 105 Å². The summed E-state index contributed by atoms with van der Waals surface area (Å²) in [5, 5.41) is 0.583. The highest BCUT2D eigenvalue weighted by Gasteiger charge is 2.10. The number of hydrogen-bond donors (Lipinski definition) is 2. The predicted molar refractivity (Wildman–Crippen MR) is 72.7 cm³/mol. The second kappa shape index (κ2) is 4.64. The van der Waals surface area contributed by atoms with Crippen molar-refractivity contribution >= 4 is 22.4 Å². The van der Waals surface area contributed by atoms with E-state index in [1.165, 1.54) is 6.92 Å². The van der Waals surface area contributed by atoms with Gasteiger partial charge < -0.3 is 15.5 Å². The molecule has 4 heteroatoms. The van der Waals surface area contributed by atoms with Gasteiger partial charge in [-0.1, -0.05) is 0 Å². The largest absolute Gasteiger partial charge is 0.399 e. The topological polar surface area (TPSA) is 75.9 Å². The highest BCUT2D eigenvalue weighted by molar-refractivity contribution is 5.83. The first kappa shape index (κ1) is 12.4. The van der Waals surface area contributed by atoms with Crippen molar-refractivity contribution in [3.05, 3.63) is 39.7 Å². The van der Waals surface area contributed by atoms with Crippen molar-refractivity contribution in [2.24, 2.45) is 0 Å². The fraction of sp³-hybridized carbons (Fsp3) is 0.286. The molecule has 3 N–H and O–H groups in total. The van der Waals surface area contributed by atoms with Gasteiger partial charge in [0.1, 0.15) is 5.78 Å². The molecule has 0 amide bonds. The number of carbonyl (C=O) groups is 1. The summed E-state index contributed by atoms with van der Waals surface area (Å²) in [6.45, 7) is 3.38. The molecule has 1 aromatic heterocycles. The number of aromatic amines is 1. The number of benzene rings is 1. The monoisotopic (exact) mass is 244 g/mol. The summed E-state index contributed by atoms with van der Waals surface area (Å²) in [5.41, 5.74) is 8.49. The number of H-pyrrole nitrogens is 1. The molecule has 0 unspecified atom stereocenters. The van der Waals surface area contributed by atoms with Crippen LogP contribution in [0.4, 0.5) is 5.69 Å². The third-order valence-electron chi connectivity index (χ3n) is 3.06. The van der Waals surface area contributed by atoms with Gasteiger partial charge >= 0.3 is 0 Å². The number of Topliss-reactive ketones (excluding diaryl/α,β-unsaturated/α-hetero) is 1. The minimum atomic E-state index is -0.0326. The number of nitrogens with two attached hydrogens (primary N) is 1. The van der Waals surface area contributed by atoms with Crippen molar-refractivity contribution in [3.63, 3.8) is 0 Å². The van der Waals surface area contributed by atoms with Gasteiger partial charge in [0.25, 0.3) is 0 Å². The molecular formula is C14H16N2O2. The number of hydrogen-bond acceptors (Lipinski definition) is 3. The van der Waals surface area contributed by atoms with Gasteiger partial charge in [-0.3, -0.25) is 4.79 Å². The van der Waals surface area contributed by atoms with Crippen molar-refractivity contribution in [2.75, 3.05) is 5.73 Å². The molecule has 2 rings (SSSR count). The maximum Gasteiger partial charge on any atom is 0.192 e. The highest BCUT2D eigenvalue weighted by Crippen LogP contribution is 2.15. The lowest BCUT2D eigenvalue weighted by atomic mass is 10.0. The Bertz CT molecular complexity index is 671. The van der Waals surface area contributed by atoms with Crippen LogP contribution in [-0.4, -0.2) is 10.8 Å². The maximum atomic E-state index is 12.3. The van der Waals surface area contributed by atoms with E-state index in [0.29, 0.717) is 29.5 Å². The van der Waals surface area contributed by atoms with Gasteiger partial charge in [0, 0.05) is 34.3 Å². The zero-order valence-corrected chi connectivity index (χ0v) is 10.5. The van der Waals surface area contributed by atoms with Crippen LogP contribution < -0.4 is 11.2 Å². The lowest BCUT2D eigenvalue weighted by Gasteiger charge is -2.07. The molecule has 2 aromatic rings. The van der Waals surface area contributed by atoms with Crippen molar-refractivity contribution in [1.29, 1.82) is 0 Å². The number of nitrogen functional groups attached to an aromatic ring is 1. The van der Waals surface area contributed by atoms with Gasteiger partial charge in [-0.2, -0.15) is 0 Å². The predicted octanol–water partition coefficient (Wildman–Crippen LogP) is 1.94. The lowest BCUT2D eigenvalue weighted by molar-refractivity contribution is -0.116. The zero-order valence-electron chi connectivity index (χ0n) is 10.5. The van der Waals surface area contributed by atoms with Crippen LogP contribution >= 0.6 is 0 Å². The van der Waals surface area contributed by atoms with Crippen LogP contribution in [0, 0.1) is 6.92 Å². The first-order valence-electron chi connectivity index (χ1n) is 5.89. The van der Waals surface area contributed by atoms with Crippen LogP contribution in [0.1, 0.15) is 24.6 Å². The fourth-order valence-corrected chi connectivity index (χ4v) is 2.07. The average Bonchev–Trinajstić information content (AvgIpc) is 2.30. The summed E-state index contributed by atoms with van der Waals surface area (Å²) in [6, 6.07) is 5.23. The molecule has 0 radical (unpaired) electrons. The van der Waals surface area contributed by atoms with Crippen LogP contribution in [0.2, 0.25) is 0 Å². The van der Waals surface area contributed by atoms with E-state index in [9.17, 15) is 9.59 Å². The molecule has 1 aromatic carbocycles. The number of ketones is 1. The molecule has 0 bridgehead atoms. The molecule has 0 saturated carbocycles. The van der Waals surface area contributed by atoms with Crippen molar-refractivity contribution < 1.29 is 4.79 Å². The van der Waals surface area contributed by atoms with Gasteiger partial charge in [-0.25, -0.2) is 0 Å². The molecule has 18 heavy (non-hydrogen) atoms. The van der Waals surface area contributed by atoms with E-state index in [-0.39, 0.29) is 11.2 Å². The molecule has 0 aliphatic heterocycles. The summed E-state index contributed by atoms with van der Waals surface area (Å²) >= 11 is 0. The van der Waals surface area contributed by atoms with Gasteiger partial charge in [-0.15, -0.1) is 0 Å². The molecule has 0 spiro atoms. The second-order valence-electron chi connectivity index (χ2n) is 4.56. The van der Waals surface area contributed by atoms with E-state index in [1.807, 2.05) is 6.92 Å². The van der Waals surface area contributed by atoms with E-state index in [0.717, 1.165) is 11.2 Å². The number of pyridine rings is 1. The molecule has 0 saturated heterocycles. The van der Waals surface area contributed by atoms with Crippen LogP contribution in [0.3, 0.4) is 0 Å². The number of rotatable bonds is 3. The summed E-state index contributed by atoms with van der Waals surface area (Å²) in [6.07, 6.45) is 0.860. The molecule has 0 aliphatic carbocycles. The number of aromatic nitrogens is 1. The van der Waals surface area contributed by atoms with Gasteiger partial charge in [-0.05, 0) is 38.5 Å². The first-order valence-corrected chi connectivity index (χ1v) is 5.89. The molecule has 4 nitrogen and oxygen atoms in total. The lowest BCUT2D eigenvalue weighted by Crippen LogP contribution is -2.14. The van der Waals surface area contributed by atoms with E-state index >= 15 is 0 Å².